The Morgan fingerprint density at radius 3 is 2.04 bits per heavy atom. The molecule has 1 aromatic rings. The summed E-state index contributed by atoms with van der Waals surface area (Å²) < 4.78 is 12.9. The van der Waals surface area contributed by atoms with E-state index in [1.54, 1.807) is 12.1 Å². The van der Waals surface area contributed by atoms with E-state index in [0.29, 0.717) is 32.6 Å². The predicted octanol–water partition coefficient (Wildman–Crippen LogP) is 2.87. The minimum absolute atomic E-state index is 0.0263. The number of benzene rings is 1. The maximum Gasteiger partial charge on any atom is 0.227 e. The molecule has 0 saturated carbocycles. The van der Waals surface area contributed by atoms with Gasteiger partial charge in [0.15, 0.2) is 0 Å². The minimum atomic E-state index is -0.297. The van der Waals surface area contributed by atoms with Crippen molar-refractivity contribution in [3.8, 4) is 0 Å². The molecule has 2 rings (SSSR count). The van der Waals surface area contributed by atoms with Crippen molar-refractivity contribution in [1.82, 2.24) is 9.80 Å². The van der Waals surface area contributed by atoms with E-state index in [2.05, 4.69) is 20.8 Å². The molecule has 0 aromatic heterocycles. The average molecular weight is 334 g/mol. The molecule has 0 atom stereocenters. The van der Waals surface area contributed by atoms with Gasteiger partial charge in [0.1, 0.15) is 5.82 Å². The van der Waals surface area contributed by atoms with Crippen LogP contribution in [0.3, 0.4) is 0 Å². The highest BCUT2D eigenvalue weighted by Gasteiger charge is 2.25. The lowest BCUT2D eigenvalue weighted by Crippen LogP contribution is -2.38. The van der Waals surface area contributed by atoms with Crippen LogP contribution in [-0.4, -0.2) is 47.8 Å². The van der Waals surface area contributed by atoms with E-state index in [-0.39, 0.29) is 29.5 Å². The lowest BCUT2D eigenvalue weighted by Gasteiger charge is -2.25. The predicted molar refractivity (Wildman–Crippen MR) is 92.0 cm³/mol. The zero-order valence-electron chi connectivity index (χ0n) is 14.8. The molecule has 1 saturated heterocycles. The van der Waals surface area contributed by atoms with E-state index in [1.165, 1.54) is 12.1 Å². The van der Waals surface area contributed by atoms with Gasteiger partial charge in [-0.25, -0.2) is 4.39 Å². The van der Waals surface area contributed by atoms with E-state index in [4.69, 9.17) is 0 Å². The fraction of sp³-hybridized carbons (Fsp3) is 0.579. The van der Waals surface area contributed by atoms with Crippen LogP contribution in [0.2, 0.25) is 0 Å². The van der Waals surface area contributed by atoms with E-state index in [9.17, 15) is 14.0 Å². The summed E-state index contributed by atoms with van der Waals surface area (Å²) in [6, 6.07) is 6.03. The van der Waals surface area contributed by atoms with E-state index in [1.807, 2.05) is 9.80 Å². The lowest BCUT2D eigenvalue weighted by molar-refractivity contribution is -0.134. The molecule has 0 aliphatic carbocycles. The fourth-order valence-corrected chi connectivity index (χ4v) is 2.87. The molecule has 0 radical (unpaired) electrons. The zero-order chi connectivity index (χ0) is 17.7. The third-order valence-electron chi connectivity index (χ3n) is 4.15. The molecule has 0 unspecified atom stereocenters. The first kappa shape index (κ1) is 18.4. The van der Waals surface area contributed by atoms with Gasteiger partial charge in [-0.15, -0.1) is 0 Å². The summed E-state index contributed by atoms with van der Waals surface area (Å²) in [4.78, 5) is 28.5. The van der Waals surface area contributed by atoms with Gasteiger partial charge in [-0.2, -0.15) is 0 Å². The molecule has 132 valence electrons. The molecular weight excluding hydrogens is 307 g/mol. The number of hydrogen-bond acceptors (Lipinski definition) is 2. The van der Waals surface area contributed by atoms with Crippen LogP contribution >= 0.6 is 0 Å². The van der Waals surface area contributed by atoms with Gasteiger partial charge in [-0.05, 0) is 29.5 Å². The Morgan fingerprint density at radius 1 is 0.958 bits per heavy atom. The van der Waals surface area contributed by atoms with Crippen LogP contribution in [0.15, 0.2) is 24.3 Å². The molecular formula is C19H27FN2O2. The first-order valence-electron chi connectivity index (χ1n) is 8.54. The highest BCUT2D eigenvalue weighted by atomic mass is 19.1. The van der Waals surface area contributed by atoms with Crippen molar-refractivity contribution < 1.29 is 14.0 Å². The quantitative estimate of drug-likeness (QED) is 0.853. The van der Waals surface area contributed by atoms with Gasteiger partial charge in [-0.1, -0.05) is 32.9 Å². The van der Waals surface area contributed by atoms with E-state index in [0.717, 1.165) is 12.0 Å². The van der Waals surface area contributed by atoms with E-state index < -0.39 is 0 Å². The van der Waals surface area contributed by atoms with Crippen LogP contribution in [0, 0.1) is 11.2 Å². The molecule has 0 bridgehead atoms. The number of nitrogens with zero attached hydrogens (tertiary/aromatic N) is 2. The number of amides is 2. The summed E-state index contributed by atoms with van der Waals surface area (Å²) in [5.41, 5.74) is 0.785. The van der Waals surface area contributed by atoms with Gasteiger partial charge in [-0.3, -0.25) is 9.59 Å². The van der Waals surface area contributed by atoms with Crippen molar-refractivity contribution in [3.63, 3.8) is 0 Å². The number of carbonyl (C=O) groups is 2. The van der Waals surface area contributed by atoms with Crippen LogP contribution in [0.4, 0.5) is 4.39 Å². The SMILES string of the molecule is CC(C)(C)CC(=O)N1CCCN(C(=O)Cc2ccc(F)cc2)CC1. The number of carbonyl (C=O) groups excluding carboxylic acids is 2. The third-order valence-corrected chi connectivity index (χ3v) is 4.15. The monoisotopic (exact) mass is 334 g/mol. The van der Waals surface area contributed by atoms with Crippen molar-refractivity contribution in [3.05, 3.63) is 35.6 Å². The molecule has 2 amide bonds. The normalized spacial score (nSPS) is 16.0. The Hall–Kier alpha value is -1.91. The van der Waals surface area contributed by atoms with Gasteiger partial charge < -0.3 is 9.80 Å². The minimum Gasteiger partial charge on any atom is -0.341 e. The Kier molecular flexibility index (Phi) is 5.97. The molecule has 24 heavy (non-hydrogen) atoms. The van der Waals surface area contributed by atoms with Crippen molar-refractivity contribution in [1.29, 1.82) is 0 Å². The van der Waals surface area contributed by atoms with Gasteiger partial charge in [0.25, 0.3) is 0 Å². The number of hydrogen-bond donors (Lipinski definition) is 0. The highest BCUT2D eigenvalue weighted by molar-refractivity contribution is 5.79. The molecule has 1 aliphatic heterocycles. The average Bonchev–Trinajstić information content (AvgIpc) is 2.74. The van der Waals surface area contributed by atoms with Crippen LogP contribution in [0.25, 0.3) is 0 Å². The summed E-state index contributed by atoms with van der Waals surface area (Å²) in [7, 11) is 0. The van der Waals surface area contributed by atoms with Crippen LogP contribution in [0.5, 0.6) is 0 Å². The second-order valence-electron chi connectivity index (χ2n) is 7.66. The van der Waals surface area contributed by atoms with Crippen LogP contribution in [0.1, 0.15) is 39.2 Å². The smallest absolute Gasteiger partial charge is 0.227 e. The molecule has 0 spiro atoms. The fourth-order valence-electron chi connectivity index (χ4n) is 2.87. The maximum absolute atomic E-state index is 12.9. The van der Waals surface area contributed by atoms with Crippen LogP contribution < -0.4 is 0 Å². The summed E-state index contributed by atoms with van der Waals surface area (Å²) in [5, 5.41) is 0. The Balaban J connectivity index is 1.89. The number of rotatable bonds is 3. The third kappa shape index (κ3) is 5.62. The van der Waals surface area contributed by atoms with Gasteiger partial charge in [0.05, 0.1) is 6.42 Å². The largest absolute Gasteiger partial charge is 0.341 e. The van der Waals surface area contributed by atoms with Crippen LogP contribution in [-0.2, 0) is 16.0 Å². The van der Waals surface area contributed by atoms with Crippen molar-refractivity contribution in [2.75, 3.05) is 26.2 Å². The van der Waals surface area contributed by atoms with E-state index >= 15 is 0 Å². The second kappa shape index (κ2) is 7.77. The van der Waals surface area contributed by atoms with Crippen molar-refractivity contribution >= 4 is 11.8 Å². The van der Waals surface area contributed by atoms with Gasteiger partial charge >= 0.3 is 0 Å². The molecule has 4 nitrogen and oxygen atoms in total. The molecule has 1 aromatic carbocycles. The summed E-state index contributed by atoms with van der Waals surface area (Å²) in [6.07, 6.45) is 1.60. The first-order chi connectivity index (χ1) is 11.2. The summed E-state index contributed by atoms with van der Waals surface area (Å²) in [5.74, 6) is -0.101. The molecule has 0 N–H and O–H groups in total. The molecule has 1 fully saturated rings. The Morgan fingerprint density at radius 2 is 1.50 bits per heavy atom. The zero-order valence-corrected chi connectivity index (χ0v) is 14.8. The Bertz CT molecular complexity index is 578. The first-order valence-corrected chi connectivity index (χ1v) is 8.54. The highest BCUT2D eigenvalue weighted by Crippen LogP contribution is 2.20. The Labute approximate surface area is 143 Å². The lowest BCUT2D eigenvalue weighted by atomic mass is 9.91. The van der Waals surface area contributed by atoms with Crippen molar-refractivity contribution in [2.24, 2.45) is 5.41 Å². The second-order valence-corrected chi connectivity index (χ2v) is 7.66. The molecule has 1 aliphatic rings. The summed E-state index contributed by atoms with van der Waals surface area (Å²) in [6.45, 7) is 8.69. The molecule has 5 heteroatoms. The topological polar surface area (TPSA) is 40.6 Å². The maximum atomic E-state index is 12.9. The van der Waals surface area contributed by atoms with Gasteiger partial charge in [0.2, 0.25) is 11.8 Å². The molecule has 1 heterocycles. The summed E-state index contributed by atoms with van der Waals surface area (Å²) >= 11 is 0. The standard InChI is InChI=1S/C19H27FN2O2/c1-19(2,3)14-18(24)22-10-4-9-21(11-12-22)17(23)13-15-5-7-16(20)8-6-15/h5-8H,4,9-14H2,1-3H3. The van der Waals surface area contributed by atoms with Crippen molar-refractivity contribution in [2.45, 2.75) is 40.0 Å². The number of halogens is 1. The van der Waals surface area contributed by atoms with Gasteiger partial charge in [0, 0.05) is 32.6 Å².